The van der Waals surface area contributed by atoms with Crippen molar-refractivity contribution in [1.82, 2.24) is 20.1 Å². The van der Waals surface area contributed by atoms with Crippen LogP contribution in [0.4, 0.5) is 0 Å². The van der Waals surface area contributed by atoms with E-state index in [1.165, 1.54) is 11.8 Å². The topological polar surface area (TPSA) is 82.2 Å². The number of carbonyl (C=O) groups is 1. The van der Waals surface area contributed by atoms with Gasteiger partial charge in [0.2, 0.25) is 11.7 Å². The molecule has 27 heavy (non-hydrogen) atoms. The highest BCUT2D eigenvalue weighted by Gasteiger charge is 2.19. The average Bonchev–Trinajstić information content (AvgIpc) is 3.34. The predicted octanol–water partition coefficient (Wildman–Crippen LogP) is 3.54. The molecule has 0 atom stereocenters. The minimum absolute atomic E-state index is 0.0614. The van der Waals surface area contributed by atoms with E-state index in [-0.39, 0.29) is 17.7 Å². The fraction of sp³-hybridized carbons (Fsp3) is 0.316. The molecule has 142 valence electrons. The summed E-state index contributed by atoms with van der Waals surface area (Å²) in [6.45, 7) is 4.56. The smallest absolute Gasteiger partial charge is 0.230 e. The highest BCUT2D eigenvalue weighted by atomic mass is 32.2. The van der Waals surface area contributed by atoms with Crippen molar-refractivity contribution >= 4 is 17.7 Å². The summed E-state index contributed by atoms with van der Waals surface area (Å²) in [5.41, 5.74) is 1.01. The number of furan rings is 1. The molecule has 0 radical (unpaired) electrons. The monoisotopic (exact) mass is 386 g/mol. The summed E-state index contributed by atoms with van der Waals surface area (Å²) < 4.78 is 12.5. The summed E-state index contributed by atoms with van der Waals surface area (Å²) in [6, 6.07) is 11.4. The highest BCUT2D eigenvalue weighted by molar-refractivity contribution is 7.99. The summed E-state index contributed by atoms with van der Waals surface area (Å²) in [4.78, 5) is 12.2. The molecule has 0 aliphatic carbocycles. The average molecular weight is 386 g/mol. The third kappa shape index (κ3) is 4.71. The van der Waals surface area contributed by atoms with E-state index >= 15 is 0 Å². The molecule has 0 aliphatic heterocycles. The van der Waals surface area contributed by atoms with Crippen molar-refractivity contribution < 1.29 is 13.9 Å². The second-order valence-corrected chi connectivity index (χ2v) is 7.10. The minimum atomic E-state index is -0.0614. The molecule has 0 aliphatic rings. The number of methoxy groups -OCH3 is 1. The lowest BCUT2D eigenvalue weighted by atomic mass is 10.2. The fourth-order valence-electron chi connectivity index (χ4n) is 2.54. The Labute approximate surface area is 162 Å². The summed E-state index contributed by atoms with van der Waals surface area (Å²) in [7, 11) is 1.63. The number of benzene rings is 1. The molecule has 0 bridgehead atoms. The van der Waals surface area contributed by atoms with Gasteiger partial charge in [-0.25, -0.2) is 0 Å². The number of hydrogen-bond donors (Lipinski definition) is 1. The molecular weight excluding hydrogens is 364 g/mol. The van der Waals surface area contributed by atoms with Crippen LogP contribution in [0.5, 0.6) is 5.75 Å². The summed E-state index contributed by atoms with van der Waals surface area (Å²) in [5, 5.41) is 12.1. The number of thioether (sulfide) groups is 1. The summed E-state index contributed by atoms with van der Waals surface area (Å²) in [5.74, 6) is 2.32. The van der Waals surface area contributed by atoms with Gasteiger partial charge in [0.05, 0.1) is 19.1 Å². The molecule has 0 saturated carbocycles. The first-order chi connectivity index (χ1) is 13.1. The van der Waals surface area contributed by atoms with Gasteiger partial charge in [0.25, 0.3) is 0 Å². The van der Waals surface area contributed by atoms with Gasteiger partial charge < -0.3 is 14.5 Å². The van der Waals surface area contributed by atoms with E-state index in [9.17, 15) is 4.79 Å². The van der Waals surface area contributed by atoms with Crippen LogP contribution in [0, 0.1) is 0 Å². The molecule has 0 unspecified atom stereocenters. The van der Waals surface area contributed by atoms with Gasteiger partial charge in [-0.15, -0.1) is 10.2 Å². The van der Waals surface area contributed by atoms with Crippen molar-refractivity contribution in [2.45, 2.75) is 31.6 Å². The molecule has 1 aromatic carbocycles. The maximum Gasteiger partial charge on any atom is 0.230 e. The summed E-state index contributed by atoms with van der Waals surface area (Å²) in [6.07, 6.45) is 1.61. The molecule has 2 heterocycles. The van der Waals surface area contributed by atoms with Crippen molar-refractivity contribution in [3.63, 3.8) is 0 Å². The van der Waals surface area contributed by atoms with Crippen LogP contribution in [-0.4, -0.2) is 33.5 Å². The number of aromatic nitrogens is 3. The number of ether oxygens (including phenoxy) is 1. The Bertz CT molecular complexity index is 873. The quantitative estimate of drug-likeness (QED) is 0.596. The lowest BCUT2D eigenvalue weighted by Crippen LogP contribution is -2.24. The second-order valence-electron chi connectivity index (χ2n) is 6.16. The van der Waals surface area contributed by atoms with Crippen molar-refractivity contribution in [2.24, 2.45) is 0 Å². The summed E-state index contributed by atoms with van der Waals surface area (Å²) >= 11 is 1.36. The van der Waals surface area contributed by atoms with Gasteiger partial charge in [0.1, 0.15) is 5.75 Å². The molecule has 1 amide bonds. The largest absolute Gasteiger partial charge is 0.497 e. The number of hydrogen-bond acceptors (Lipinski definition) is 6. The number of carbonyl (C=O) groups excluding carboxylic acids is 1. The van der Waals surface area contributed by atoms with Crippen LogP contribution in [0.25, 0.3) is 11.6 Å². The Morgan fingerprint density at radius 2 is 2.04 bits per heavy atom. The van der Waals surface area contributed by atoms with E-state index in [1.54, 1.807) is 13.4 Å². The van der Waals surface area contributed by atoms with Crippen molar-refractivity contribution in [1.29, 1.82) is 0 Å². The van der Waals surface area contributed by atoms with Crippen LogP contribution in [0.3, 0.4) is 0 Å². The van der Waals surface area contributed by atoms with Gasteiger partial charge in [-0.3, -0.25) is 9.36 Å². The van der Waals surface area contributed by atoms with Crippen LogP contribution < -0.4 is 10.1 Å². The first-order valence-electron chi connectivity index (χ1n) is 8.59. The molecule has 0 spiro atoms. The van der Waals surface area contributed by atoms with Crippen LogP contribution >= 0.6 is 11.8 Å². The standard InChI is InChI=1S/C19H22N4O3S/c1-13(2)23-18(16-5-4-10-26-16)21-22-19(23)27-12-17(24)20-11-14-6-8-15(25-3)9-7-14/h4-10,13H,11-12H2,1-3H3,(H,20,24). The molecule has 1 N–H and O–H groups in total. The Kier molecular flexibility index (Phi) is 6.18. The zero-order chi connectivity index (χ0) is 19.2. The Morgan fingerprint density at radius 1 is 1.26 bits per heavy atom. The molecule has 2 aromatic heterocycles. The second kappa shape index (κ2) is 8.77. The van der Waals surface area contributed by atoms with Crippen LogP contribution in [0.2, 0.25) is 0 Å². The van der Waals surface area contributed by atoms with E-state index in [4.69, 9.17) is 9.15 Å². The van der Waals surface area contributed by atoms with Crippen LogP contribution in [0.1, 0.15) is 25.5 Å². The zero-order valence-corrected chi connectivity index (χ0v) is 16.3. The zero-order valence-electron chi connectivity index (χ0n) is 15.5. The molecule has 7 nitrogen and oxygen atoms in total. The Balaban J connectivity index is 1.58. The van der Waals surface area contributed by atoms with E-state index in [2.05, 4.69) is 15.5 Å². The van der Waals surface area contributed by atoms with Gasteiger partial charge in [-0.05, 0) is 43.7 Å². The van der Waals surface area contributed by atoms with Crippen LogP contribution in [-0.2, 0) is 11.3 Å². The maximum atomic E-state index is 12.2. The number of amides is 1. The maximum absolute atomic E-state index is 12.2. The van der Waals surface area contributed by atoms with E-state index in [0.717, 1.165) is 11.3 Å². The molecule has 8 heteroatoms. The van der Waals surface area contributed by atoms with Crippen LogP contribution in [0.15, 0.2) is 52.2 Å². The lowest BCUT2D eigenvalue weighted by Gasteiger charge is -2.12. The molecule has 3 aromatic rings. The van der Waals surface area contributed by atoms with Gasteiger partial charge in [-0.1, -0.05) is 23.9 Å². The molecular formula is C19H22N4O3S. The van der Waals surface area contributed by atoms with E-state index in [0.29, 0.717) is 23.3 Å². The third-order valence-electron chi connectivity index (χ3n) is 3.90. The third-order valence-corrected chi connectivity index (χ3v) is 4.85. The molecule has 3 rings (SSSR count). The lowest BCUT2D eigenvalue weighted by molar-refractivity contribution is -0.118. The molecule has 0 fully saturated rings. The first kappa shape index (κ1) is 19.0. The number of nitrogens with zero attached hydrogens (tertiary/aromatic N) is 3. The minimum Gasteiger partial charge on any atom is -0.497 e. The number of rotatable bonds is 8. The van der Waals surface area contributed by atoms with Gasteiger partial charge in [-0.2, -0.15) is 0 Å². The van der Waals surface area contributed by atoms with E-state index in [1.807, 2.05) is 54.8 Å². The Morgan fingerprint density at radius 3 is 2.67 bits per heavy atom. The molecule has 0 saturated heterocycles. The van der Waals surface area contributed by atoms with Gasteiger partial charge >= 0.3 is 0 Å². The Hall–Kier alpha value is -2.74. The van der Waals surface area contributed by atoms with Gasteiger partial charge in [0, 0.05) is 12.6 Å². The van der Waals surface area contributed by atoms with Crippen molar-refractivity contribution in [2.75, 3.05) is 12.9 Å². The van der Waals surface area contributed by atoms with Crippen molar-refractivity contribution in [3.8, 4) is 17.3 Å². The van der Waals surface area contributed by atoms with Gasteiger partial charge in [0.15, 0.2) is 10.9 Å². The van der Waals surface area contributed by atoms with Crippen molar-refractivity contribution in [3.05, 3.63) is 48.2 Å². The SMILES string of the molecule is COc1ccc(CNC(=O)CSc2nnc(-c3ccco3)n2C(C)C)cc1. The highest BCUT2D eigenvalue weighted by Crippen LogP contribution is 2.27. The number of nitrogens with one attached hydrogen (secondary N) is 1. The fourth-order valence-corrected chi connectivity index (χ4v) is 3.44. The van der Waals surface area contributed by atoms with E-state index < -0.39 is 0 Å². The predicted molar refractivity (Wildman–Crippen MR) is 104 cm³/mol. The first-order valence-corrected chi connectivity index (χ1v) is 9.58. The normalized spacial score (nSPS) is 11.0.